The second-order valence-electron chi connectivity index (χ2n) is 3.52. The molecule has 2 rings (SSSR count). The lowest BCUT2D eigenvalue weighted by Gasteiger charge is -2.13. The summed E-state index contributed by atoms with van der Waals surface area (Å²) >= 11 is 0. The molecule has 1 heterocycles. The molecule has 6 heteroatoms. The van der Waals surface area contributed by atoms with Gasteiger partial charge in [-0.2, -0.15) is 0 Å². The molecule has 1 aromatic carbocycles. The highest BCUT2D eigenvalue weighted by atomic mass is 19.1. The van der Waals surface area contributed by atoms with E-state index in [0.29, 0.717) is 6.07 Å². The van der Waals surface area contributed by atoms with E-state index in [1.165, 1.54) is 19.5 Å². The zero-order valence-corrected chi connectivity index (χ0v) is 9.47. The third kappa shape index (κ3) is 2.28. The van der Waals surface area contributed by atoms with E-state index in [9.17, 15) is 13.9 Å². The van der Waals surface area contributed by atoms with Gasteiger partial charge < -0.3 is 9.84 Å². The first-order valence-electron chi connectivity index (χ1n) is 5.11. The molecule has 1 aromatic heterocycles. The van der Waals surface area contributed by atoms with Crippen molar-refractivity contribution in [3.05, 3.63) is 53.5 Å². The van der Waals surface area contributed by atoms with E-state index in [0.717, 1.165) is 12.1 Å². The number of aromatic nitrogens is 2. The molecule has 0 aliphatic rings. The van der Waals surface area contributed by atoms with Gasteiger partial charge in [-0.25, -0.2) is 13.8 Å². The standard InChI is InChI=1S/C12H10F2N2O2/c1-18-12-10(15-4-5-16-12)11(17)8-3-2-7(13)6-9(8)14/h2-6,11,17H,1H3. The minimum absolute atomic E-state index is 0.0745. The fourth-order valence-electron chi connectivity index (χ4n) is 1.55. The van der Waals surface area contributed by atoms with Crippen molar-refractivity contribution in [2.24, 2.45) is 0 Å². The van der Waals surface area contributed by atoms with E-state index < -0.39 is 17.7 Å². The van der Waals surface area contributed by atoms with Crippen LogP contribution in [0.5, 0.6) is 5.88 Å². The minimum atomic E-state index is -1.37. The van der Waals surface area contributed by atoms with Crippen molar-refractivity contribution in [1.82, 2.24) is 9.97 Å². The van der Waals surface area contributed by atoms with Crippen molar-refractivity contribution in [3.63, 3.8) is 0 Å². The molecule has 94 valence electrons. The molecule has 0 bridgehead atoms. The highest BCUT2D eigenvalue weighted by Crippen LogP contribution is 2.27. The van der Waals surface area contributed by atoms with Gasteiger partial charge in [0.15, 0.2) is 0 Å². The van der Waals surface area contributed by atoms with Gasteiger partial charge in [0.05, 0.1) is 7.11 Å². The van der Waals surface area contributed by atoms with Gasteiger partial charge in [0.25, 0.3) is 0 Å². The number of rotatable bonds is 3. The van der Waals surface area contributed by atoms with Crippen LogP contribution >= 0.6 is 0 Å². The molecule has 0 radical (unpaired) electrons. The summed E-state index contributed by atoms with van der Waals surface area (Å²) in [5, 5.41) is 10.0. The van der Waals surface area contributed by atoms with Crippen LogP contribution in [0.25, 0.3) is 0 Å². The number of hydrogen-bond acceptors (Lipinski definition) is 4. The van der Waals surface area contributed by atoms with Crippen LogP contribution < -0.4 is 4.74 Å². The van der Waals surface area contributed by atoms with Crippen molar-refractivity contribution in [3.8, 4) is 5.88 Å². The average molecular weight is 252 g/mol. The first-order valence-corrected chi connectivity index (χ1v) is 5.11. The summed E-state index contributed by atoms with van der Waals surface area (Å²) in [5.41, 5.74) is -0.0132. The number of hydrogen-bond donors (Lipinski definition) is 1. The van der Waals surface area contributed by atoms with Crippen molar-refractivity contribution in [2.75, 3.05) is 7.11 Å². The van der Waals surface area contributed by atoms with Crippen LogP contribution in [-0.2, 0) is 0 Å². The molecule has 1 N–H and O–H groups in total. The molecule has 0 spiro atoms. The fourth-order valence-corrected chi connectivity index (χ4v) is 1.55. The second-order valence-corrected chi connectivity index (χ2v) is 3.52. The van der Waals surface area contributed by atoms with Crippen molar-refractivity contribution in [2.45, 2.75) is 6.10 Å². The smallest absolute Gasteiger partial charge is 0.238 e. The molecule has 1 unspecified atom stereocenters. The largest absolute Gasteiger partial charge is 0.480 e. The molecule has 0 saturated heterocycles. The lowest BCUT2D eigenvalue weighted by atomic mass is 10.1. The number of aliphatic hydroxyl groups excluding tert-OH is 1. The van der Waals surface area contributed by atoms with Crippen molar-refractivity contribution < 1.29 is 18.6 Å². The third-order valence-electron chi connectivity index (χ3n) is 2.40. The van der Waals surface area contributed by atoms with Gasteiger partial charge in [0, 0.05) is 24.0 Å². The van der Waals surface area contributed by atoms with Crippen molar-refractivity contribution >= 4 is 0 Å². The van der Waals surface area contributed by atoms with Gasteiger partial charge in [0.2, 0.25) is 5.88 Å². The summed E-state index contributed by atoms with van der Waals surface area (Å²) < 4.78 is 31.2. The zero-order valence-electron chi connectivity index (χ0n) is 9.47. The summed E-state index contributed by atoms with van der Waals surface area (Å²) in [5.74, 6) is -1.47. The third-order valence-corrected chi connectivity index (χ3v) is 2.40. The van der Waals surface area contributed by atoms with E-state index in [4.69, 9.17) is 4.74 Å². The quantitative estimate of drug-likeness (QED) is 0.905. The molecule has 18 heavy (non-hydrogen) atoms. The lowest BCUT2D eigenvalue weighted by molar-refractivity contribution is 0.202. The molecule has 0 fully saturated rings. The Morgan fingerprint density at radius 2 is 1.94 bits per heavy atom. The van der Waals surface area contributed by atoms with Crippen LogP contribution in [0.1, 0.15) is 17.4 Å². The topological polar surface area (TPSA) is 55.2 Å². The Morgan fingerprint density at radius 1 is 1.22 bits per heavy atom. The van der Waals surface area contributed by atoms with E-state index in [1.54, 1.807) is 0 Å². The van der Waals surface area contributed by atoms with Crippen LogP contribution in [-0.4, -0.2) is 22.2 Å². The Balaban J connectivity index is 2.44. The Labute approximate surface area is 102 Å². The van der Waals surface area contributed by atoms with Crippen LogP contribution in [0.15, 0.2) is 30.6 Å². The summed E-state index contributed by atoms with van der Waals surface area (Å²) in [6.07, 6.45) is 1.37. The summed E-state index contributed by atoms with van der Waals surface area (Å²) in [6.45, 7) is 0. The summed E-state index contributed by atoms with van der Waals surface area (Å²) in [7, 11) is 1.36. The van der Waals surface area contributed by atoms with E-state index in [-0.39, 0.29) is 17.1 Å². The monoisotopic (exact) mass is 252 g/mol. The van der Waals surface area contributed by atoms with Gasteiger partial charge in [-0.05, 0) is 6.07 Å². The maximum Gasteiger partial charge on any atom is 0.238 e. The summed E-state index contributed by atoms with van der Waals surface area (Å²) in [4.78, 5) is 7.74. The Bertz CT molecular complexity index is 564. The van der Waals surface area contributed by atoms with E-state index >= 15 is 0 Å². The first kappa shape index (κ1) is 12.4. The van der Waals surface area contributed by atoms with Crippen LogP contribution in [0.4, 0.5) is 8.78 Å². The van der Waals surface area contributed by atoms with Gasteiger partial charge in [-0.15, -0.1) is 0 Å². The maximum atomic E-state index is 13.5. The lowest BCUT2D eigenvalue weighted by Crippen LogP contribution is -2.08. The highest BCUT2D eigenvalue weighted by molar-refractivity contribution is 5.31. The maximum absolute atomic E-state index is 13.5. The minimum Gasteiger partial charge on any atom is -0.480 e. The molecule has 0 aliphatic heterocycles. The molecular weight excluding hydrogens is 242 g/mol. The van der Waals surface area contributed by atoms with Crippen molar-refractivity contribution in [1.29, 1.82) is 0 Å². The van der Waals surface area contributed by atoms with Gasteiger partial charge in [-0.3, -0.25) is 4.98 Å². The second kappa shape index (κ2) is 5.05. The normalized spacial score (nSPS) is 12.2. The predicted octanol–water partition coefficient (Wildman–Crippen LogP) is 1.85. The molecule has 4 nitrogen and oxygen atoms in total. The number of ether oxygens (including phenoxy) is 1. The van der Waals surface area contributed by atoms with E-state index in [2.05, 4.69) is 9.97 Å². The number of halogens is 2. The average Bonchev–Trinajstić information content (AvgIpc) is 2.38. The van der Waals surface area contributed by atoms with Gasteiger partial charge >= 0.3 is 0 Å². The number of nitrogens with zero attached hydrogens (tertiary/aromatic N) is 2. The Kier molecular flexibility index (Phi) is 3.47. The van der Waals surface area contributed by atoms with Crippen LogP contribution in [0.2, 0.25) is 0 Å². The first-order chi connectivity index (χ1) is 8.63. The van der Waals surface area contributed by atoms with Crippen LogP contribution in [0, 0.1) is 11.6 Å². The number of aliphatic hydroxyl groups is 1. The SMILES string of the molecule is COc1nccnc1C(O)c1ccc(F)cc1F. The number of benzene rings is 1. The Hall–Kier alpha value is -2.08. The van der Waals surface area contributed by atoms with Gasteiger partial charge in [-0.1, -0.05) is 6.07 Å². The molecule has 2 aromatic rings. The highest BCUT2D eigenvalue weighted by Gasteiger charge is 2.21. The Morgan fingerprint density at radius 3 is 2.61 bits per heavy atom. The molecule has 0 saturated carbocycles. The molecule has 1 atom stereocenters. The predicted molar refractivity (Wildman–Crippen MR) is 59.0 cm³/mol. The number of methoxy groups -OCH3 is 1. The molecule has 0 aliphatic carbocycles. The van der Waals surface area contributed by atoms with E-state index in [1.807, 2.05) is 0 Å². The zero-order chi connectivity index (χ0) is 13.1. The fraction of sp³-hybridized carbons (Fsp3) is 0.167. The molecular formula is C12H10F2N2O2. The van der Waals surface area contributed by atoms with Gasteiger partial charge in [0.1, 0.15) is 23.4 Å². The summed E-state index contributed by atoms with van der Waals surface area (Å²) in [6, 6.07) is 2.91. The van der Waals surface area contributed by atoms with Crippen LogP contribution in [0.3, 0.4) is 0 Å². The molecule has 0 amide bonds.